The second kappa shape index (κ2) is 6.62. The van der Waals surface area contributed by atoms with E-state index in [2.05, 4.69) is 15.3 Å². The number of imidazole rings is 1. The number of rotatable bonds is 5. The number of fused-ring (bicyclic) bond motifs is 1. The lowest BCUT2D eigenvalue weighted by atomic mass is 10.1. The van der Waals surface area contributed by atoms with Gasteiger partial charge >= 0.3 is 0 Å². The van der Waals surface area contributed by atoms with Crippen LogP contribution in [0.1, 0.15) is 17.5 Å². The SMILES string of the molecule is O=C(CCc1ccc2nc[nH]c2c1)NCc1cccc(Cl)c1. The molecule has 2 aromatic carbocycles. The molecule has 0 aliphatic heterocycles. The molecule has 0 fully saturated rings. The zero-order valence-electron chi connectivity index (χ0n) is 12.0. The lowest BCUT2D eigenvalue weighted by Gasteiger charge is -2.06. The lowest BCUT2D eigenvalue weighted by molar-refractivity contribution is -0.121. The van der Waals surface area contributed by atoms with Gasteiger partial charge in [-0.05, 0) is 41.8 Å². The predicted octanol–water partition coefficient (Wildman–Crippen LogP) is 3.47. The molecular weight excluding hydrogens is 298 g/mol. The third-order valence-corrected chi connectivity index (χ3v) is 3.74. The van der Waals surface area contributed by atoms with Gasteiger partial charge in [0.2, 0.25) is 5.91 Å². The summed E-state index contributed by atoms with van der Waals surface area (Å²) in [6.07, 6.45) is 2.84. The second-order valence-corrected chi connectivity index (χ2v) is 5.60. The third-order valence-electron chi connectivity index (χ3n) is 3.50. The zero-order chi connectivity index (χ0) is 15.4. The highest BCUT2D eigenvalue weighted by Gasteiger charge is 2.04. The van der Waals surface area contributed by atoms with Gasteiger partial charge in [-0.1, -0.05) is 29.8 Å². The number of nitrogens with one attached hydrogen (secondary N) is 2. The van der Waals surface area contributed by atoms with E-state index < -0.39 is 0 Å². The summed E-state index contributed by atoms with van der Waals surface area (Å²) < 4.78 is 0. The Hall–Kier alpha value is -2.33. The summed E-state index contributed by atoms with van der Waals surface area (Å²) in [4.78, 5) is 19.2. The molecule has 3 rings (SSSR count). The van der Waals surface area contributed by atoms with Crippen LogP contribution in [0.25, 0.3) is 11.0 Å². The van der Waals surface area contributed by atoms with Gasteiger partial charge in [0.15, 0.2) is 0 Å². The molecule has 4 nitrogen and oxygen atoms in total. The first kappa shape index (κ1) is 14.6. The largest absolute Gasteiger partial charge is 0.352 e. The molecule has 2 N–H and O–H groups in total. The quantitative estimate of drug-likeness (QED) is 0.758. The molecule has 0 saturated heterocycles. The zero-order valence-corrected chi connectivity index (χ0v) is 12.7. The number of nitrogens with zero attached hydrogens (tertiary/aromatic N) is 1. The molecule has 1 amide bonds. The van der Waals surface area contributed by atoms with Crippen molar-refractivity contribution in [3.63, 3.8) is 0 Å². The first-order valence-corrected chi connectivity index (χ1v) is 7.52. The van der Waals surface area contributed by atoms with Crippen LogP contribution in [0.2, 0.25) is 5.02 Å². The summed E-state index contributed by atoms with van der Waals surface area (Å²) in [6, 6.07) is 13.5. The summed E-state index contributed by atoms with van der Waals surface area (Å²) >= 11 is 5.92. The van der Waals surface area contributed by atoms with Gasteiger partial charge in [0.1, 0.15) is 0 Å². The highest BCUT2D eigenvalue weighted by Crippen LogP contribution is 2.13. The van der Waals surface area contributed by atoms with Crippen molar-refractivity contribution < 1.29 is 4.79 Å². The van der Waals surface area contributed by atoms with E-state index in [1.807, 2.05) is 42.5 Å². The second-order valence-electron chi connectivity index (χ2n) is 5.16. The number of aryl methyl sites for hydroxylation is 1. The Labute approximate surface area is 133 Å². The van der Waals surface area contributed by atoms with E-state index in [0.717, 1.165) is 22.2 Å². The molecule has 1 heterocycles. The number of halogens is 1. The summed E-state index contributed by atoms with van der Waals surface area (Å²) in [5.74, 6) is 0.0321. The predicted molar refractivity (Wildman–Crippen MR) is 87.7 cm³/mol. The van der Waals surface area contributed by atoms with Crippen molar-refractivity contribution in [3.8, 4) is 0 Å². The summed E-state index contributed by atoms with van der Waals surface area (Å²) in [7, 11) is 0. The van der Waals surface area contributed by atoms with Gasteiger partial charge in [-0.3, -0.25) is 4.79 Å². The van der Waals surface area contributed by atoms with Crippen molar-refractivity contribution in [2.45, 2.75) is 19.4 Å². The maximum absolute atomic E-state index is 11.9. The van der Waals surface area contributed by atoms with Gasteiger partial charge in [0.05, 0.1) is 17.4 Å². The number of carbonyl (C=O) groups excluding carboxylic acids is 1. The molecule has 0 atom stereocenters. The van der Waals surface area contributed by atoms with Gasteiger partial charge in [-0.2, -0.15) is 0 Å². The minimum atomic E-state index is 0.0321. The first-order valence-electron chi connectivity index (χ1n) is 7.14. The molecule has 1 aromatic heterocycles. The van der Waals surface area contributed by atoms with Crippen molar-refractivity contribution in [1.29, 1.82) is 0 Å². The average Bonchev–Trinajstić information content (AvgIpc) is 2.98. The Morgan fingerprint density at radius 1 is 1.18 bits per heavy atom. The number of hydrogen-bond donors (Lipinski definition) is 2. The van der Waals surface area contributed by atoms with Crippen molar-refractivity contribution in [2.24, 2.45) is 0 Å². The fraction of sp³-hybridized carbons (Fsp3) is 0.176. The number of aromatic amines is 1. The number of carbonyl (C=O) groups is 1. The minimum Gasteiger partial charge on any atom is -0.352 e. The van der Waals surface area contributed by atoms with Crippen LogP contribution in [0.4, 0.5) is 0 Å². The van der Waals surface area contributed by atoms with Gasteiger partial charge in [-0.15, -0.1) is 0 Å². The summed E-state index contributed by atoms with van der Waals surface area (Å²) in [6.45, 7) is 0.499. The smallest absolute Gasteiger partial charge is 0.220 e. The van der Waals surface area contributed by atoms with Gasteiger partial charge in [-0.25, -0.2) is 4.98 Å². The normalized spacial score (nSPS) is 10.8. The monoisotopic (exact) mass is 313 g/mol. The molecule has 0 aliphatic carbocycles. The molecule has 5 heteroatoms. The fourth-order valence-corrected chi connectivity index (χ4v) is 2.54. The Morgan fingerprint density at radius 3 is 2.95 bits per heavy atom. The van der Waals surface area contributed by atoms with Crippen LogP contribution in [0.5, 0.6) is 0 Å². The number of amides is 1. The van der Waals surface area contributed by atoms with Crippen LogP contribution in [-0.4, -0.2) is 15.9 Å². The number of aromatic nitrogens is 2. The highest BCUT2D eigenvalue weighted by atomic mass is 35.5. The van der Waals surface area contributed by atoms with Crippen LogP contribution in [-0.2, 0) is 17.8 Å². The molecular formula is C17H16ClN3O. The molecule has 0 spiro atoms. The van der Waals surface area contributed by atoms with E-state index in [0.29, 0.717) is 24.4 Å². The number of H-pyrrole nitrogens is 1. The highest BCUT2D eigenvalue weighted by molar-refractivity contribution is 6.30. The standard InChI is InChI=1S/C17H16ClN3O/c18-14-3-1-2-13(8-14)10-19-17(22)7-5-12-4-6-15-16(9-12)21-11-20-15/h1-4,6,8-9,11H,5,7,10H2,(H,19,22)(H,20,21). The van der Waals surface area contributed by atoms with E-state index in [4.69, 9.17) is 11.6 Å². The molecule has 112 valence electrons. The molecule has 0 unspecified atom stereocenters. The Morgan fingerprint density at radius 2 is 2.09 bits per heavy atom. The number of benzene rings is 2. The van der Waals surface area contributed by atoms with E-state index >= 15 is 0 Å². The van der Waals surface area contributed by atoms with E-state index in [-0.39, 0.29) is 5.91 Å². The van der Waals surface area contributed by atoms with Crippen LogP contribution in [0.3, 0.4) is 0 Å². The fourth-order valence-electron chi connectivity index (χ4n) is 2.33. The molecule has 0 saturated carbocycles. The van der Waals surface area contributed by atoms with E-state index in [9.17, 15) is 4.79 Å². The molecule has 0 radical (unpaired) electrons. The average molecular weight is 314 g/mol. The molecule has 0 bridgehead atoms. The maximum Gasteiger partial charge on any atom is 0.220 e. The van der Waals surface area contributed by atoms with Crippen molar-refractivity contribution in [1.82, 2.24) is 15.3 Å². The van der Waals surface area contributed by atoms with Crippen LogP contribution in [0.15, 0.2) is 48.8 Å². The van der Waals surface area contributed by atoms with Crippen molar-refractivity contribution in [2.75, 3.05) is 0 Å². The van der Waals surface area contributed by atoms with E-state index in [1.54, 1.807) is 6.33 Å². The van der Waals surface area contributed by atoms with Gasteiger partial charge in [0, 0.05) is 18.0 Å². The Kier molecular flexibility index (Phi) is 4.39. The Bertz CT molecular complexity index is 797. The Balaban J connectivity index is 1.51. The van der Waals surface area contributed by atoms with Gasteiger partial charge < -0.3 is 10.3 Å². The van der Waals surface area contributed by atoms with E-state index in [1.165, 1.54) is 0 Å². The summed E-state index contributed by atoms with van der Waals surface area (Å²) in [5.41, 5.74) is 4.06. The van der Waals surface area contributed by atoms with Crippen LogP contribution >= 0.6 is 11.6 Å². The molecule has 3 aromatic rings. The lowest BCUT2D eigenvalue weighted by Crippen LogP contribution is -2.22. The third kappa shape index (κ3) is 3.65. The minimum absolute atomic E-state index is 0.0321. The van der Waals surface area contributed by atoms with Gasteiger partial charge in [0.25, 0.3) is 0 Å². The summed E-state index contributed by atoms with van der Waals surface area (Å²) in [5, 5.41) is 3.59. The van der Waals surface area contributed by atoms with Crippen molar-refractivity contribution in [3.05, 3.63) is 64.9 Å². The topological polar surface area (TPSA) is 57.8 Å². The molecule has 22 heavy (non-hydrogen) atoms. The maximum atomic E-state index is 11.9. The molecule has 0 aliphatic rings. The van der Waals surface area contributed by atoms with Crippen molar-refractivity contribution >= 4 is 28.5 Å². The van der Waals surface area contributed by atoms with Crippen LogP contribution in [0, 0.1) is 0 Å². The number of hydrogen-bond acceptors (Lipinski definition) is 2. The van der Waals surface area contributed by atoms with Crippen LogP contribution < -0.4 is 5.32 Å². The first-order chi connectivity index (χ1) is 10.7.